The SMILES string of the molecule is COc1ccc(C)cc1CCc1ccccc1. The van der Waals surface area contributed by atoms with Gasteiger partial charge in [-0.25, -0.2) is 0 Å². The molecule has 2 aromatic carbocycles. The van der Waals surface area contributed by atoms with Gasteiger partial charge in [0.05, 0.1) is 7.11 Å². The van der Waals surface area contributed by atoms with Crippen LogP contribution in [0.15, 0.2) is 48.5 Å². The lowest BCUT2D eigenvalue weighted by molar-refractivity contribution is 0.409. The predicted molar refractivity (Wildman–Crippen MR) is 71.6 cm³/mol. The lowest BCUT2D eigenvalue weighted by atomic mass is 10.0. The van der Waals surface area contributed by atoms with E-state index in [0.29, 0.717) is 0 Å². The summed E-state index contributed by atoms with van der Waals surface area (Å²) < 4.78 is 5.39. The third kappa shape index (κ3) is 3.10. The van der Waals surface area contributed by atoms with Crippen molar-refractivity contribution in [1.29, 1.82) is 0 Å². The number of benzene rings is 2. The van der Waals surface area contributed by atoms with Crippen LogP contribution in [-0.4, -0.2) is 7.11 Å². The third-order valence-electron chi connectivity index (χ3n) is 2.96. The minimum Gasteiger partial charge on any atom is -0.496 e. The van der Waals surface area contributed by atoms with Crippen LogP contribution in [0.1, 0.15) is 16.7 Å². The summed E-state index contributed by atoms with van der Waals surface area (Å²) in [4.78, 5) is 0. The van der Waals surface area contributed by atoms with E-state index in [-0.39, 0.29) is 0 Å². The molecule has 0 atom stereocenters. The highest BCUT2D eigenvalue weighted by Gasteiger charge is 2.03. The molecule has 0 aromatic heterocycles. The van der Waals surface area contributed by atoms with Gasteiger partial charge in [0.1, 0.15) is 5.75 Å². The topological polar surface area (TPSA) is 9.23 Å². The zero-order valence-corrected chi connectivity index (χ0v) is 10.4. The van der Waals surface area contributed by atoms with E-state index < -0.39 is 0 Å². The number of hydrogen-bond acceptors (Lipinski definition) is 1. The lowest BCUT2D eigenvalue weighted by Crippen LogP contribution is -1.96. The average molecular weight is 226 g/mol. The summed E-state index contributed by atoms with van der Waals surface area (Å²) in [6.07, 6.45) is 2.08. The predicted octanol–water partition coefficient (Wildman–Crippen LogP) is 3.79. The van der Waals surface area contributed by atoms with Crippen molar-refractivity contribution in [2.45, 2.75) is 19.8 Å². The molecule has 2 aromatic rings. The summed E-state index contributed by atoms with van der Waals surface area (Å²) >= 11 is 0. The fourth-order valence-corrected chi connectivity index (χ4v) is 2.03. The van der Waals surface area contributed by atoms with E-state index in [1.165, 1.54) is 16.7 Å². The molecule has 0 aliphatic carbocycles. The van der Waals surface area contributed by atoms with E-state index in [4.69, 9.17) is 4.74 Å². The van der Waals surface area contributed by atoms with Crippen molar-refractivity contribution in [1.82, 2.24) is 0 Å². The highest BCUT2D eigenvalue weighted by atomic mass is 16.5. The Labute approximate surface area is 103 Å². The lowest BCUT2D eigenvalue weighted by Gasteiger charge is -2.09. The molecule has 0 spiro atoms. The Morgan fingerprint density at radius 3 is 2.41 bits per heavy atom. The fraction of sp³-hybridized carbons (Fsp3) is 0.250. The standard InChI is InChI=1S/C16H18O/c1-13-8-11-16(17-2)15(12-13)10-9-14-6-4-3-5-7-14/h3-8,11-12H,9-10H2,1-2H3. The molecule has 0 unspecified atom stereocenters. The molecule has 0 aliphatic heterocycles. The second-order valence-corrected chi connectivity index (χ2v) is 4.30. The molecule has 0 radical (unpaired) electrons. The van der Waals surface area contributed by atoms with E-state index in [9.17, 15) is 0 Å². The van der Waals surface area contributed by atoms with Gasteiger partial charge in [-0.05, 0) is 37.0 Å². The first kappa shape index (κ1) is 11.7. The fourth-order valence-electron chi connectivity index (χ4n) is 2.03. The van der Waals surface area contributed by atoms with Crippen molar-refractivity contribution >= 4 is 0 Å². The molecule has 2 rings (SSSR count). The van der Waals surface area contributed by atoms with Gasteiger partial charge in [0.25, 0.3) is 0 Å². The summed E-state index contributed by atoms with van der Waals surface area (Å²) in [7, 11) is 1.73. The van der Waals surface area contributed by atoms with Crippen LogP contribution < -0.4 is 4.74 Å². The summed E-state index contributed by atoms with van der Waals surface area (Å²) in [6, 6.07) is 16.9. The zero-order valence-electron chi connectivity index (χ0n) is 10.4. The minimum absolute atomic E-state index is 0.992. The van der Waals surface area contributed by atoms with Crippen molar-refractivity contribution < 1.29 is 4.74 Å². The number of aryl methyl sites for hydroxylation is 3. The molecule has 0 fully saturated rings. The van der Waals surface area contributed by atoms with Crippen LogP contribution in [0.25, 0.3) is 0 Å². The van der Waals surface area contributed by atoms with Crippen LogP contribution in [0.5, 0.6) is 5.75 Å². The van der Waals surface area contributed by atoms with Crippen LogP contribution in [0, 0.1) is 6.92 Å². The number of rotatable bonds is 4. The maximum absolute atomic E-state index is 5.39. The molecule has 88 valence electrons. The van der Waals surface area contributed by atoms with E-state index >= 15 is 0 Å². The summed E-state index contributed by atoms with van der Waals surface area (Å²) in [5, 5.41) is 0. The minimum atomic E-state index is 0.992. The van der Waals surface area contributed by atoms with Gasteiger partial charge in [-0.3, -0.25) is 0 Å². The Morgan fingerprint density at radius 2 is 1.71 bits per heavy atom. The van der Waals surface area contributed by atoms with Crippen molar-refractivity contribution in [2.24, 2.45) is 0 Å². The molecule has 17 heavy (non-hydrogen) atoms. The molecule has 0 aliphatic rings. The highest BCUT2D eigenvalue weighted by molar-refractivity contribution is 5.37. The molecule has 1 nitrogen and oxygen atoms in total. The van der Waals surface area contributed by atoms with Crippen molar-refractivity contribution in [3.63, 3.8) is 0 Å². The second kappa shape index (κ2) is 5.53. The van der Waals surface area contributed by atoms with E-state index in [0.717, 1.165) is 18.6 Å². The zero-order chi connectivity index (χ0) is 12.1. The number of hydrogen-bond donors (Lipinski definition) is 0. The first-order valence-corrected chi connectivity index (χ1v) is 5.97. The van der Waals surface area contributed by atoms with Crippen LogP contribution >= 0.6 is 0 Å². The van der Waals surface area contributed by atoms with Gasteiger partial charge in [-0.1, -0.05) is 48.0 Å². The van der Waals surface area contributed by atoms with E-state index in [1.807, 2.05) is 0 Å². The van der Waals surface area contributed by atoms with Gasteiger partial charge >= 0.3 is 0 Å². The second-order valence-electron chi connectivity index (χ2n) is 4.30. The smallest absolute Gasteiger partial charge is 0.122 e. The Balaban J connectivity index is 2.11. The molecule has 0 saturated heterocycles. The first-order chi connectivity index (χ1) is 8.29. The molecule has 0 heterocycles. The summed E-state index contributed by atoms with van der Waals surface area (Å²) in [5.41, 5.74) is 3.95. The number of methoxy groups -OCH3 is 1. The molecular weight excluding hydrogens is 208 g/mol. The maximum atomic E-state index is 5.39. The highest BCUT2D eigenvalue weighted by Crippen LogP contribution is 2.21. The van der Waals surface area contributed by atoms with Gasteiger partial charge in [-0.15, -0.1) is 0 Å². The van der Waals surface area contributed by atoms with Crippen molar-refractivity contribution in [3.8, 4) is 5.75 Å². The van der Waals surface area contributed by atoms with Crippen LogP contribution in [0.2, 0.25) is 0 Å². The van der Waals surface area contributed by atoms with Crippen LogP contribution in [-0.2, 0) is 12.8 Å². The Bertz CT molecular complexity index is 474. The van der Waals surface area contributed by atoms with Crippen molar-refractivity contribution in [3.05, 3.63) is 65.2 Å². The van der Waals surface area contributed by atoms with Crippen LogP contribution in [0.4, 0.5) is 0 Å². The quantitative estimate of drug-likeness (QED) is 0.770. The molecule has 1 heteroatoms. The summed E-state index contributed by atoms with van der Waals surface area (Å²) in [5.74, 6) is 0.992. The summed E-state index contributed by atoms with van der Waals surface area (Å²) in [6.45, 7) is 2.12. The Morgan fingerprint density at radius 1 is 0.941 bits per heavy atom. The van der Waals surface area contributed by atoms with Crippen LogP contribution in [0.3, 0.4) is 0 Å². The van der Waals surface area contributed by atoms with E-state index in [2.05, 4.69) is 55.5 Å². The van der Waals surface area contributed by atoms with Gasteiger partial charge in [-0.2, -0.15) is 0 Å². The molecule has 0 saturated carbocycles. The van der Waals surface area contributed by atoms with Gasteiger partial charge < -0.3 is 4.74 Å². The van der Waals surface area contributed by atoms with Gasteiger partial charge in [0, 0.05) is 0 Å². The molecule has 0 bridgehead atoms. The maximum Gasteiger partial charge on any atom is 0.122 e. The molecule has 0 N–H and O–H groups in total. The number of ether oxygens (including phenoxy) is 1. The molecule has 0 amide bonds. The van der Waals surface area contributed by atoms with Gasteiger partial charge in [0.2, 0.25) is 0 Å². The van der Waals surface area contributed by atoms with Gasteiger partial charge in [0.15, 0.2) is 0 Å². The van der Waals surface area contributed by atoms with E-state index in [1.54, 1.807) is 7.11 Å². The van der Waals surface area contributed by atoms with Crippen molar-refractivity contribution in [2.75, 3.05) is 7.11 Å². The Kier molecular flexibility index (Phi) is 3.81. The largest absolute Gasteiger partial charge is 0.496 e. The molecular formula is C16H18O. The monoisotopic (exact) mass is 226 g/mol. The average Bonchev–Trinajstić information content (AvgIpc) is 2.38. The first-order valence-electron chi connectivity index (χ1n) is 5.97. The normalized spacial score (nSPS) is 10.2. The Hall–Kier alpha value is -1.76. The third-order valence-corrected chi connectivity index (χ3v) is 2.96.